The van der Waals surface area contributed by atoms with E-state index in [1.807, 2.05) is 13.0 Å². The van der Waals surface area contributed by atoms with E-state index in [1.165, 1.54) is 12.1 Å². The maximum absolute atomic E-state index is 14.2. The number of aryl methyl sites for hydroxylation is 1. The second-order valence-corrected chi connectivity index (χ2v) is 7.21. The molecule has 0 aliphatic carbocycles. The number of hydrogen-bond donors (Lipinski definition) is 0. The molecule has 0 aliphatic heterocycles. The number of ether oxygens (including phenoxy) is 2. The molecule has 1 aromatic heterocycles. The van der Waals surface area contributed by atoms with E-state index in [2.05, 4.69) is 0 Å². The highest BCUT2D eigenvalue weighted by Crippen LogP contribution is 2.33. The quantitative estimate of drug-likeness (QED) is 0.385. The van der Waals surface area contributed by atoms with E-state index in [1.54, 1.807) is 49.6 Å². The minimum absolute atomic E-state index is 0.00385. The third-order valence-electron chi connectivity index (χ3n) is 4.78. The maximum atomic E-state index is 14.2. The molecule has 0 N–H and O–H groups in total. The summed E-state index contributed by atoms with van der Waals surface area (Å²) in [7, 11) is 1.57. The average molecular weight is 425 g/mol. The van der Waals surface area contributed by atoms with Crippen LogP contribution >= 0.6 is 11.6 Å². The molecule has 0 unspecified atom stereocenters. The lowest BCUT2D eigenvalue weighted by molar-refractivity contribution is 0.292. The average Bonchev–Trinajstić information content (AvgIpc) is 2.74. The second kappa shape index (κ2) is 8.20. The third-order valence-corrected chi connectivity index (χ3v) is 5.14. The first kappa shape index (κ1) is 20.0. The Labute approximate surface area is 177 Å². The molecule has 0 aliphatic rings. The first-order valence-corrected chi connectivity index (χ1v) is 9.63. The van der Waals surface area contributed by atoms with Crippen LogP contribution in [0.2, 0.25) is 5.02 Å². The fourth-order valence-electron chi connectivity index (χ4n) is 3.16. The fraction of sp³-hybridized carbons (Fsp3) is 0.125. The lowest BCUT2D eigenvalue weighted by Gasteiger charge is -2.13. The lowest BCUT2D eigenvalue weighted by atomic mass is 10.1. The van der Waals surface area contributed by atoms with Crippen LogP contribution in [0.15, 0.2) is 69.9 Å². The molecule has 0 amide bonds. The number of hydrogen-bond acceptors (Lipinski definition) is 4. The van der Waals surface area contributed by atoms with Crippen molar-refractivity contribution in [2.75, 3.05) is 7.11 Å². The summed E-state index contributed by atoms with van der Waals surface area (Å²) in [5.41, 5.74) is 1.86. The Morgan fingerprint density at radius 1 is 1.07 bits per heavy atom. The van der Waals surface area contributed by atoms with Crippen LogP contribution in [-0.4, -0.2) is 7.11 Å². The monoisotopic (exact) mass is 424 g/mol. The van der Waals surface area contributed by atoms with Gasteiger partial charge in [-0.25, -0.2) is 4.39 Å². The van der Waals surface area contributed by atoms with Crippen molar-refractivity contribution >= 4 is 22.6 Å². The molecule has 0 bridgehead atoms. The SMILES string of the molecule is COc1ccc(-c2oc3cc(C)ccc3c(=O)c2OCc2c(F)cccc2Cl)cc1. The smallest absolute Gasteiger partial charge is 0.235 e. The summed E-state index contributed by atoms with van der Waals surface area (Å²) in [5.74, 6) is 0.414. The summed E-state index contributed by atoms with van der Waals surface area (Å²) in [6.07, 6.45) is 0. The zero-order chi connectivity index (χ0) is 21.3. The van der Waals surface area contributed by atoms with Gasteiger partial charge in [-0.3, -0.25) is 4.79 Å². The molecule has 0 saturated heterocycles. The van der Waals surface area contributed by atoms with E-state index in [9.17, 15) is 9.18 Å². The number of benzene rings is 3. The van der Waals surface area contributed by atoms with Crippen molar-refractivity contribution in [1.29, 1.82) is 0 Å². The molecule has 152 valence electrons. The Morgan fingerprint density at radius 3 is 2.53 bits per heavy atom. The van der Waals surface area contributed by atoms with E-state index in [0.717, 1.165) is 5.56 Å². The highest BCUT2D eigenvalue weighted by Gasteiger charge is 2.19. The van der Waals surface area contributed by atoms with E-state index in [-0.39, 0.29) is 34.1 Å². The van der Waals surface area contributed by atoms with Crippen molar-refractivity contribution < 1.29 is 18.3 Å². The van der Waals surface area contributed by atoms with E-state index >= 15 is 0 Å². The lowest BCUT2D eigenvalue weighted by Crippen LogP contribution is -2.11. The molecule has 0 saturated carbocycles. The second-order valence-electron chi connectivity index (χ2n) is 6.81. The van der Waals surface area contributed by atoms with E-state index < -0.39 is 5.82 Å². The predicted molar refractivity (Wildman–Crippen MR) is 115 cm³/mol. The third kappa shape index (κ3) is 3.76. The molecular formula is C24H18ClFO4. The van der Waals surface area contributed by atoms with Crippen LogP contribution in [0.25, 0.3) is 22.3 Å². The van der Waals surface area contributed by atoms with Crippen LogP contribution in [0.1, 0.15) is 11.1 Å². The molecule has 1 heterocycles. The normalized spacial score (nSPS) is 10.9. The van der Waals surface area contributed by atoms with Crippen molar-refractivity contribution in [2.24, 2.45) is 0 Å². The summed E-state index contributed by atoms with van der Waals surface area (Å²) in [4.78, 5) is 13.2. The number of halogens is 2. The Bertz CT molecular complexity index is 1260. The van der Waals surface area contributed by atoms with Crippen LogP contribution in [0, 0.1) is 12.7 Å². The van der Waals surface area contributed by atoms with Crippen molar-refractivity contribution in [3.63, 3.8) is 0 Å². The highest BCUT2D eigenvalue weighted by molar-refractivity contribution is 6.31. The predicted octanol–water partition coefficient (Wildman–Crippen LogP) is 6.15. The van der Waals surface area contributed by atoms with Crippen LogP contribution in [0.4, 0.5) is 4.39 Å². The zero-order valence-corrected chi connectivity index (χ0v) is 17.1. The standard InChI is InChI=1S/C24H18ClFO4/c1-14-6-11-17-21(12-14)30-23(15-7-9-16(28-2)10-8-15)24(22(17)27)29-13-18-19(25)4-3-5-20(18)26/h3-12H,13H2,1-2H3. The first-order chi connectivity index (χ1) is 14.5. The van der Waals surface area contributed by atoms with Gasteiger partial charge in [0.2, 0.25) is 11.2 Å². The highest BCUT2D eigenvalue weighted by atomic mass is 35.5. The molecule has 0 atom stereocenters. The van der Waals surface area contributed by atoms with Crippen molar-refractivity contribution in [1.82, 2.24) is 0 Å². The van der Waals surface area contributed by atoms with Gasteiger partial charge >= 0.3 is 0 Å². The zero-order valence-electron chi connectivity index (χ0n) is 16.4. The summed E-state index contributed by atoms with van der Waals surface area (Å²) in [6.45, 7) is 1.70. The van der Waals surface area contributed by atoms with Gasteiger partial charge in [-0.05, 0) is 61.0 Å². The van der Waals surface area contributed by atoms with Crippen molar-refractivity contribution in [3.05, 3.63) is 92.9 Å². The van der Waals surface area contributed by atoms with Gasteiger partial charge in [0.15, 0.2) is 5.76 Å². The Kier molecular flexibility index (Phi) is 5.46. The van der Waals surface area contributed by atoms with Gasteiger partial charge in [-0.1, -0.05) is 23.7 Å². The van der Waals surface area contributed by atoms with Gasteiger partial charge in [0.25, 0.3) is 0 Å². The molecule has 30 heavy (non-hydrogen) atoms. The molecule has 0 radical (unpaired) electrons. The summed E-state index contributed by atoms with van der Waals surface area (Å²) < 4.78 is 31.2. The van der Waals surface area contributed by atoms with Crippen molar-refractivity contribution in [2.45, 2.75) is 13.5 Å². The summed E-state index contributed by atoms with van der Waals surface area (Å²) in [6, 6.07) is 16.7. The van der Waals surface area contributed by atoms with Gasteiger partial charge < -0.3 is 13.9 Å². The van der Waals surface area contributed by atoms with Crippen LogP contribution in [-0.2, 0) is 6.61 Å². The first-order valence-electron chi connectivity index (χ1n) is 9.25. The largest absolute Gasteiger partial charge is 0.497 e. The number of fused-ring (bicyclic) bond motifs is 1. The number of rotatable bonds is 5. The molecule has 0 fully saturated rings. The molecule has 0 spiro atoms. The molecule has 4 aromatic rings. The van der Waals surface area contributed by atoms with Crippen LogP contribution < -0.4 is 14.9 Å². The van der Waals surface area contributed by atoms with Crippen molar-refractivity contribution in [3.8, 4) is 22.8 Å². The Hall–Kier alpha value is -3.31. The van der Waals surface area contributed by atoms with Gasteiger partial charge in [0.1, 0.15) is 23.8 Å². The minimum atomic E-state index is -0.505. The fourth-order valence-corrected chi connectivity index (χ4v) is 3.38. The molecule has 3 aromatic carbocycles. The molecule has 4 nitrogen and oxygen atoms in total. The molecule has 4 rings (SSSR count). The maximum Gasteiger partial charge on any atom is 0.235 e. The number of methoxy groups -OCH3 is 1. The Morgan fingerprint density at radius 2 is 1.83 bits per heavy atom. The summed E-state index contributed by atoms with van der Waals surface area (Å²) in [5, 5.41) is 0.606. The van der Waals surface area contributed by atoms with Crippen LogP contribution in [0.5, 0.6) is 11.5 Å². The van der Waals surface area contributed by atoms with E-state index in [0.29, 0.717) is 22.3 Å². The molecular weight excluding hydrogens is 407 g/mol. The van der Waals surface area contributed by atoms with E-state index in [4.69, 9.17) is 25.5 Å². The minimum Gasteiger partial charge on any atom is -0.497 e. The Balaban J connectivity index is 1.86. The van der Waals surface area contributed by atoms with Gasteiger partial charge in [-0.2, -0.15) is 0 Å². The van der Waals surface area contributed by atoms with Gasteiger partial charge in [-0.15, -0.1) is 0 Å². The molecule has 6 heteroatoms. The van der Waals surface area contributed by atoms with Gasteiger partial charge in [0, 0.05) is 11.1 Å². The summed E-state index contributed by atoms with van der Waals surface area (Å²) >= 11 is 6.10. The topological polar surface area (TPSA) is 48.7 Å². The van der Waals surface area contributed by atoms with Gasteiger partial charge in [0.05, 0.1) is 17.5 Å². The van der Waals surface area contributed by atoms with Crippen LogP contribution in [0.3, 0.4) is 0 Å².